The molecule has 0 unspecified atom stereocenters. The average Bonchev–Trinajstić information content (AvgIpc) is 3.01. The fourth-order valence-electron chi connectivity index (χ4n) is 4.91. The average molecular weight is 591 g/mol. The van der Waals surface area contributed by atoms with E-state index in [1.54, 1.807) is 25.3 Å². The van der Waals surface area contributed by atoms with E-state index in [1.807, 2.05) is 54.4 Å². The Morgan fingerprint density at radius 1 is 0.814 bits per heavy atom. The molecule has 4 rings (SSSR count). The summed E-state index contributed by atoms with van der Waals surface area (Å²) in [6, 6.07) is 18.5. The van der Waals surface area contributed by atoms with Gasteiger partial charge in [0, 0.05) is 50.1 Å². The SMILES string of the molecule is COc1ccc(-c2cc(OCc3cccc(OCCCC(=O)O)c3CCC(=O)O)cc(C(=O)N3CCN(C)CC3)c2)cc1. The quantitative estimate of drug-likeness (QED) is 0.259. The molecule has 10 nitrogen and oxygen atoms in total. The monoisotopic (exact) mass is 590 g/mol. The first-order chi connectivity index (χ1) is 20.7. The van der Waals surface area contributed by atoms with Gasteiger partial charge in [0.2, 0.25) is 0 Å². The molecule has 1 heterocycles. The second-order valence-electron chi connectivity index (χ2n) is 10.5. The number of carbonyl (C=O) groups is 3. The van der Waals surface area contributed by atoms with Gasteiger partial charge in [-0.2, -0.15) is 0 Å². The molecule has 1 aliphatic heterocycles. The Balaban J connectivity index is 1.61. The van der Waals surface area contributed by atoms with Crippen molar-refractivity contribution in [3.05, 3.63) is 77.4 Å². The molecule has 3 aromatic rings. The fourth-order valence-corrected chi connectivity index (χ4v) is 4.91. The Labute approximate surface area is 251 Å². The Kier molecular flexibility index (Phi) is 11.0. The summed E-state index contributed by atoms with van der Waals surface area (Å²) < 4.78 is 17.4. The summed E-state index contributed by atoms with van der Waals surface area (Å²) in [4.78, 5) is 39.9. The fraction of sp³-hybridized carbons (Fsp3) is 0.364. The maximum Gasteiger partial charge on any atom is 0.303 e. The van der Waals surface area contributed by atoms with E-state index in [1.165, 1.54) is 0 Å². The number of ether oxygens (including phenoxy) is 3. The molecule has 0 atom stereocenters. The summed E-state index contributed by atoms with van der Waals surface area (Å²) in [5.74, 6) is -0.171. The first-order valence-electron chi connectivity index (χ1n) is 14.3. The normalized spacial score (nSPS) is 13.4. The largest absolute Gasteiger partial charge is 0.497 e. The van der Waals surface area contributed by atoms with Gasteiger partial charge in [0.15, 0.2) is 0 Å². The smallest absolute Gasteiger partial charge is 0.303 e. The van der Waals surface area contributed by atoms with Crippen molar-refractivity contribution >= 4 is 17.8 Å². The molecule has 3 aromatic carbocycles. The van der Waals surface area contributed by atoms with E-state index in [0.717, 1.165) is 35.5 Å². The van der Waals surface area contributed by atoms with Crippen molar-refractivity contribution < 1.29 is 38.8 Å². The molecule has 0 radical (unpaired) electrons. The van der Waals surface area contributed by atoms with Crippen molar-refractivity contribution in [3.63, 3.8) is 0 Å². The number of hydrogen-bond donors (Lipinski definition) is 2. The van der Waals surface area contributed by atoms with Gasteiger partial charge >= 0.3 is 11.9 Å². The zero-order valence-electron chi connectivity index (χ0n) is 24.6. The minimum Gasteiger partial charge on any atom is -0.497 e. The van der Waals surface area contributed by atoms with Gasteiger partial charge in [-0.1, -0.05) is 24.3 Å². The maximum atomic E-state index is 13.6. The number of carboxylic acids is 2. The van der Waals surface area contributed by atoms with Crippen LogP contribution in [0.2, 0.25) is 0 Å². The number of carboxylic acid groups (broad SMARTS) is 2. The lowest BCUT2D eigenvalue weighted by atomic mass is 10.0. The van der Waals surface area contributed by atoms with Crippen LogP contribution >= 0.6 is 0 Å². The van der Waals surface area contributed by atoms with Gasteiger partial charge in [-0.05, 0) is 73.0 Å². The van der Waals surface area contributed by atoms with Crippen LogP contribution in [0.15, 0.2) is 60.7 Å². The minimum absolute atomic E-state index is 0.0209. The molecule has 0 saturated carbocycles. The second-order valence-corrected chi connectivity index (χ2v) is 10.5. The highest BCUT2D eigenvalue weighted by Gasteiger charge is 2.22. The van der Waals surface area contributed by atoms with Crippen LogP contribution in [0.4, 0.5) is 0 Å². The number of aliphatic carboxylic acids is 2. The van der Waals surface area contributed by atoms with Crippen LogP contribution in [-0.2, 0) is 22.6 Å². The number of carbonyl (C=O) groups excluding carboxylic acids is 1. The predicted molar refractivity (Wildman–Crippen MR) is 161 cm³/mol. The molecule has 0 spiro atoms. The number of likely N-dealkylation sites (N-methyl/N-ethyl adjacent to an activating group) is 1. The van der Waals surface area contributed by atoms with E-state index < -0.39 is 11.9 Å². The maximum absolute atomic E-state index is 13.6. The van der Waals surface area contributed by atoms with Gasteiger partial charge in [0.25, 0.3) is 5.91 Å². The molecule has 1 aliphatic rings. The molecular weight excluding hydrogens is 552 g/mol. The third-order valence-electron chi connectivity index (χ3n) is 7.37. The highest BCUT2D eigenvalue weighted by molar-refractivity contribution is 5.96. The standard InChI is InChI=1S/C33H38N2O8/c1-34-14-16-35(17-15-34)33(40)26-19-25(23-8-10-27(41-2)11-9-23)20-28(21-26)43-22-24-5-3-6-30(29(24)12-13-32(38)39)42-18-4-7-31(36)37/h3,5-6,8-11,19-21H,4,7,12-18,22H2,1-2H3,(H,36,37)(H,38,39). The van der Waals surface area contributed by atoms with Crippen LogP contribution in [-0.4, -0.2) is 84.8 Å². The van der Waals surface area contributed by atoms with Gasteiger partial charge < -0.3 is 34.2 Å². The lowest BCUT2D eigenvalue weighted by molar-refractivity contribution is -0.138. The van der Waals surface area contributed by atoms with E-state index in [4.69, 9.17) is 19.3 Å². The number of amides is 1. The molecule has 1 saturated heterocycles. The van der Waals surface area contributed by atoms with Crippen LogP contribution < -0.4 is 14.2 Å². The summed E-state index contributed by atoms with van der Waals surface area (Å²) in [5, 5.41) is 18.3. The number of hydrogen-bond acceptors (Lipinski definition) is 7. The van der Waals surface area contributed by atoms with E-state index in [2.05, 4.69) is 4.90 Å². The number of nitrogens with zero attached hydrogens (tertiary/aromatic N) is 2. The summed E-state index contributed by atoms with van der Waals surface area (Å²) in [7, 11) is 3.65. The molecule has 0 aliphatic carbocycles. The van der Waals surface area contributed by atoms with Gasteiger partial charge in [0.1, 0.15) is 23.9 Å². The molecule has 43 heavy (non-hydrogen) atoms. The lowest BCUT2D eigenvalue weighted by Crippen LogP contribution is -2.47. The molecule has 1 fully saturated rings. The van der Waals surface area contributed by atoms with E-state index >= 15 is 0 Å². The molecular formula is C33H38N2O8. The van der Waals surface area contributed by atoms with Crippen molar-refractivity contribution in [2.45, 2.75) is 32.3 Å². The van der Waals surface area contributed by atoms with Crippen LogP contribution in [0, 0.1) is 0 Å². The number of piperazine rings is 1. The zero-order chi connectivity index (χ0) is 30.8. The highest BCUT2D eigenvalue weighted by Crippen LogP contribution is 2.31. The van der Waals surface area contributed by atoms with Crippen LogP contribution in [0.5, 0.6) is 17.2 Å². The van der Waals surface area contributed by atoms with Crippen molar-refractivity contribution in [1.82, 2.24) is 9.80 Å². The zero-order valence-corrected chi connectivity index (χ0v) is 24.6. The van der Waals surface area contributed by atoms with Crippen molar-refractivity contribution in [1.29, 1.82) is 0 Å². The summed E-state index contributed by atoms with van der Waals surface area (Å²) in [6.45, 7) is 3.21. The number of methoxy groups -OCH3 is 1. The Bertz CT molecular complexity index is 1410. The minimum atomic E-state index is -0.938. The highest BCUT2D eigenvalue weighted by atomic mass is 16.5. The Hall–Kier alpha value is -4.57. The summed E-state index contributed by atoms with van der Waals surface area (Å²) in [5.41, 5.74) is 3.69. The number of rotatable bonds is 14. The molecule has 0 aromatic heterocycles. The van der Waals surface area contributed by atoms with Crippen LogP contribution in [0.1, 0.15) is 40.7 Å². The van der Waals surface area contributed by atoms with E-state index in [9.17, 15) is 19.5 Å². The third kappa shape index (κ3) is 8.96. The van der Waals surface area contributed by atoms with Crippen LogP contribution in [0.25, 0.3) is 11.1 Å². The van der Waals surface area contributed by atoms with Gasteiger partial charge in [0.05, 0.1) is 13.7 Å². The van der Waals surface area contributed by atoms with E-state index in [-0.39, 0.29) is 38.4 Å². The predicted octanol–water partition coefficient (Wildman–Crippen LogP) is 4.59. The molecule has 2 N–H and O–H groups in total. The molecule has 228 valence electrons. The van der Waals surface area contributed by atoms with Crippen molar-refractivity contribution in [2.75, 3.05) is 46.9 Å². The number of benzene rings is 3. The molecule has 10 heteroatoms. The molecule has 1 amide bonds. The van der Waals surface area contributed by atoms with Crippen LogP contribution in [0.3, 0.4) is 0 Å². The summed E-state index contributed by atoms with van der Waals surface area (Å²) in [6.07, 6.45) is 0.435. The van der Waals surface area contributed by atoms with Gasteiger partial charge in [-0.3, -0.25) is 14.4 Å². The van der Waals surface area contributed by atoms with E-state index in [0.29, 0.717) is 42.1 Å². The summed E-state index contributed by atoms with van der Waals surface area (Å²) >= 11 is 0. The Morgan fingerprint density at radius 3 is 2.21 bits per heavy atom. The van der Waals surface area contributed by atoms with Crippen molar-refractivity contribution in [3.8, 4) is 28.4 Å². The van der Waals surface area contributed by atoms with Gasteiger partial charge in [-0.15, -0.1) is 0 Å². The molecule has 0 bridgehead atoms. The lowest BCUT2D eigenvalue weighted by Gasteiger charge is -2.32. The third-order valence-corrected chi connectivity index (χ3v) is 7.37. The van der Waals surface area contributed by atoms with Gasteiger partial charge in [-0.25, -0.2) is 0 Å². The second kappa shape index (κ2) is 15.1. The Morgan fingerprint density at radius 2 is 1.53 bits per heavy atom. The first-order valence-corrected chi connectivity index (χ1v) is 14.3. The first kappa shape index (κ1) is 31.4. The van der Waals surface area contributed by atoms with Crippen molar-refractivity contribution in [2.24, 2.45) is 0 Å². The topological polar surface area (TPSA) is 126 Å².